The van der Waals surface area contributed by atoms with Crippen LogP contribution in [-0.4, -0.2) is 20.7 Å². The molecular weight excluding hydrogens is 216 g/mol. The number of amides is 1. The van der Waals surface area contributed by atoms with E-state index in [2.05, 4.69) is 22.4 Å². The van der Waals surface area contributed by atoms with Crippen molar-refractivity contribution in [2.75, 3.05) is 5.32 Å². The molecule has 0 bridgehead atoms. The van der Waals surface area contributed by atoms with Gasteiger partial charge in [0.15, 0.2) is 5.82 Å². The summed E-state index contributed by atoms with van der Waals surface area (Å²) in [4.78, 5) is 12.0. The van der Waals surface area contributed by atoms with Crippen LogP contribution in [0.4, 0.5) is 5.82 Å². The van der Waals surface area contributed by atoms with Gasteiger partial charge in [-0.15, -0.1) is 0 Å². The summed E-state index contributed by atoms with van der Waals surface area (Å²) in [6.07, 6.45) is 2.91. The molecule has 0 saturated heterocycles. The molecule has 0 aliphatic heterocycles. The van der Waals surface area contributed by atoms with E-state index < -0.39 is 0 Å². The first-order valence-electron chi connectivity index (χ1n) is 5.69. The van der Waals surface area contributed by atoms with Gasteiger partial charge in [0.25, 0.3) is 5.91 Å². The summed E-state index contributed by atoms with van der Waals surface area (Å²) >= 11 is 0. The monoisotopic (exact) mass is 232 g/mol. The molecule has 2 aromatic heterocycles. The number of H-pyrrole nitrogens is 1. The lowest BCUT2D eigenvalue weighted by Gasteiger charge is -2.06. The predicted molar refractivity (Wildman–Crippen MR) is 66.0 cm³/mol. The maximum Gasteiger partial charge on any atom is 0.273 e. The first-order chi connectivity index (χ1) is 8.20. The highest BCUT2D eigenvalue weighted by Crippen LogP contribution is 2.09. The lowest BCUT2D eigenvalue weighted by atomic mass is 10.3. The minimum atomic E-state index is -0.130. The average Bonchev–Trinajstić information content (AvgIpc) is 2.88. The van der Waals surface area contributed by atoms with Gasteiger partial charge in [0.05, 0.1) is 0 Å². The zero-order valence-electron chi connectivity index (χ0n) is 10.0. The summed E-state index contributed by atoms with van der Waals surface area (Å²) in [7, 11) is 0. The van der Waals surface area contributed by atoms with E-state index in [-0.39, 0.29) is 5.91 Å². The molecule has 2 aromatic rings. The third kappa shape index (κ3) is 2.55. The number of rotatable bonds is 4. The van der Waals surface area contributed by atoms with Crippen molar-refractivity contribution in [1.29, 1.82) is 0 Å². The van der Waals surface area contributed by atoms with Gasteiger partial charge in [-0.3, -0.25) is 9.89 Å². The van der Waals surface area contributed by atoms with Crippen LogP contribution < -0.4 is 5.32 Å². The quantitative estimate of drug-likeness (QED) is 0.848. The minimum Gasteiger partial charge on any atom is -0.344 e. The van der Waals surface area contributed by atoms with Gasteiger partial charge in [-0.05, 0) is 25.5 Å². The summed E-state index contributed by atoms with van der Waals surface area (Å²) in [6.45, 7) is 4.82. The van der Waals surface area contributed by atoms with E-state index in [0.717, 1.165) is 18.7 Å². The van der Waals surface area contributed by atoms with Crippen molar-refractivity contribution in [3.63, 3.8) is 0 Å². The number of aromatic nitrogens is 3. The SMILES string of the molecule is CCCn1cccc1C(=O)Nc1cc(C)[nH]n1. The Morgan fingerprint density at radius 2 is 2.41 bits per heavy atom. The second kappa shape index (κ2) is 4.86. The molecule has 2 heterocycles. The lowest BCUT2D eigenvalue weighted by Crippen LogP contribution is -2.17. The number of carbonyl (C=O) groups excluding carboxylic acids is 1. The molecule has 0 radical (unpaired) electrons. The topological polar surface area (TPSA) is 62.7 Å². The highest BCUT2D eigenvalue weighted by atomic mass is 16.2. The van der Waals surface area contributed by atoms with E-state index in [1.807, 2.05) is 29.8 Å². The number of carbonyl (C=O) groups is 1. The summed E-state index contributed by atoms with van der Waals surface area (Å²) in [5.74, 6) is 0.423. The van der Waals surface area contributed by atoms with Crippen LogP contribution in [0.15, 0.2) is 24.4 Å². The van der Waals surface area contributed by atoms with Crippen LogP contribution in [0.25, 0.3) is 0 Å². The average molecular weight is 232 g/mol. The van der Waals surface area contributed by atoms with Crippen molar-refractivity contribution < 1.29 is 4.79 Å². The van der Waals surface area contributed by atoms with Crippen LogP contribution >= 0.6 is 0 Å². The largest absolute Gasteiger partial charge is 0.344 e. The van der Waals surface area contributed by atoms with Gasteiger partial charge in [-0.2, -0.15) is 5.10 Å². The van der Waals surface area contributed by atoms with E-state index in [1.165, 1.54) is 0 Å². The minimum absolute atomic E-state index is 0.130. The lowest BCUT2D eigenvalue weighted by molar-refractivity contribution is 0.101. The van der Waals surface area contributed by atoms with Gasteiger partial charge in [0.2, 0.25) is 0 Å². The van der Waals surface area contributed by atoms with Crippen LogP contribution in [0.1, 0.15) is 29.5 Å². The van der Waals surface area contributed by atoms with Crippen LogP contribution in [-0.2, 0) is 6.54 Å². The molecule has 0 aliphatic carbocycles. The number of nitrogens with one attached hydrogen (secondary N) is 2. The van der Waals surface area contributed by atoms with Crippen LogP contribution in [0.3, 0.4) is 0 Å². The maximum atomic E-state index is 12.0. The summed E-state index contributed by atoms with van der Waals surface area (Å²) in [5.41, 5.74) is 1.58. The molecule has 0 unspecified atom stereocenters. The third-order valence-corrected chi connectivity index (χ3v) is 2.47. The molecule has 90 valence electrons. The highest BCUT2D eigenvalue weighted by molar-refractivity contribution is 6.02. The van der Waals surface area contributed by atoms with Crippen LogP contribution in [0.5, 0.6) is 0 Å². The van der Waals surface area contributed by atoms with Crippen LogP contribution in [0, 0.1) is 6.92 Å². The second-order valence-electron chi connectivity index (χ2n) is 3.98. The smallest absolute Gasteiger partial charge is 0.273 e. The number of anilines is 1. The summed E-state index contributed by atoms with van der Waals surface area (Å²) < 4.78 is 1.94. The van der Waals surface area contributed by atoms with E-state index in [4.69, 9.17) is 0 Å². The van der Waals surface area contributed by atoms with Crippen LogP contribution in [0.2, 0.25) is 0 Å². The van der Waals surface area contributed by atoms with E-state index in [0.29, 0.717) is 11.5 Å². The summed E-state index contributed by atoms with van der Waals surface area (Å²) in [6, 6.07) is 5.48. The molecule has 5 nitrogen and oxygen atoms in total. The molecule has 0 atom stereocenters. The number of nitrogens with zero attached hydrogens (tertiary/aromatic N) is 2. The normalized spacial score (nSPS) is 10.5. The van der Waals surface area contributed by atoms with Crippen molar-refractivity contribution in [3.05, 3.63) is 35.8 Å². The van der Waals surface area contributed by atoms with Gasteiger partial charge in [-0.1, -0.05) is 6.92 Å². The number of hydrogen-bond donors (Lipinski definition) is 2. The zero-order valence-corrected chi connectivity index (χ0v) is 10.0. The number of hydrogen-bond acceptors (Lipinski definition) is 2. The molecule has 2 rings (SSSR count). The maximum absolute atomic E-state index is 12.0. The first kappa shape index (κ1) is 11.4. The number of aryl methyl sites for hydroxylation is 2. The summed E-state index contributed by atoms with van der Waals surface area (Å²) in [5, 5.41) is 9.52. The number of aromatic amines is 1. The Morgan fingerprint density at radius 3 is 3.06 bits per heavy atom. The molecular formula is C12H16N4O. The fourth-order valence-corrected chi connectivity index (χ4v) is 1.72. The predicted octanol–water partition coefficient (Wildman–Crippen LogP) is 2.18. The molecule has 0 saturated carbocycles. The van der Waals surface area contributed by atoms with Crippen molar-refractivity contribution >= 4 is 11.7 Å². The van der Waals surface area contributed by atoms with Gasteiger partial charge < -0.3 is 9.88 Å². The third-order valence-electron chi connectivity index (χ3n) is 2.47. The Morgan fingerprint density at radius 1 is 1.59 bits per heavy atom. The van der Waals surface area contributed by atoms with E-state index in [9.17, 15) is 4.79 Å². The van der Waals surface area contributed by atoms with Crippen molar-refractivity contribution in [1.82, 2.24) is 14.8 Å². The first-order valence-corrected chi connectivity index (χ1v) is 5.69. The van der Waals surface area contributed by atoms with Crippen molar-refractivity contribution in [3.8, 4) is 0 Å². The molecule has 2 N–H and O–H groups in total. The molecule has 5 heteroatoms. The molecule has 1 amide bonds. The van der Waals surface area contributed by atoms with Gasteiger partial charge in [-0.25, -0.2) is 0 Å². The van der Waals surface area contributed by atoms with Crippen molar-refractivity contribution in [2.45, 2.75) is 26.8 Å². The molecule has 0 fully saturated rings. The van der Waals surface area contributed by atoms with E-state index in [1.54, 1.807) is 6.07 Å². The molecule has 0 aromatic carbocycles. The van der Waals surface area contributed by atoms with Crippen molar-refractivity contribution in [2.24, 2.45) is 0 Å². The molecule has 17 heavy (non-hydrogen) atoms. The second-order valence-corrected chi connectivity index (χ2v) is 3.98. The standard InChI is InChI=1S/C12H16N4O/c1-3-6-16-7-4-5-10(16)12(17)13-11-8-9(2)14-15-11/h4-5,7-8H,3,6H2,1-2H3,(H2,13,14,15,17). The molecule has 0 aliphatic rings. The van der Waals surface area contributed by atoms with Gasteiger partial charge in [0, 0.05) is 24.5 Å². The Balaban J connectivity index is 2.11. The Bertz CT molecular complexity index is 512. The molecule has 0 spiro atoms. The fraction of sp³-hybridized carbons (Fsp3) is 0.333. The Labute approximate surface area is 99.8 Å². The fourth-order valence-electron chi connectivity index (χ4n) is 1.72. The van der Waals surface area contributed by atoms with Gasteiger partial charge in [0.1, 0.15) is 5.69 Å². The van der Waals surface area contributed by atoms with E-state index >= 15 is 0 Å². The Hall–Kier alpha value is -2.04. The highest BCUT2D eigenvalue weighted by Gasteiger charge is 2.11. The van der Waals surface area contributed by atoms with Gasteiger partial charge >= 0.3 is 0 Å². The Kier molecular flexibility index (Phi) is 3.27. The zero-order chi connectivity index (χ0) is 12.3.